The molecule has 0 aliphatic heterocycles. The van der Waals surface area contributed by atoms with E-state index in [1.807, 2.05) is 0 Å². The second-order valence-electron chi connectivity index (χ2n) is 4.53. The summed E-state index contributed by atoms with van der Waals surface area (Å²) >= 11 is 3.06. The van der Waals surface area contributed by atoms with Gasteiger partial charge in [-0.1, -0.05) is 15.9 Å². The van der Waals surface area contributed by atoms with Crippen molar-refractivity contribution >= 4 is 33.5 Å². The van der Waals surface area contributed by atoms with Gasteiger partial charge in [-0.15, -0.1) is 13.2 Å². The summed E-state index contributed by atoms with van der Waals surface area (Å²) in [4.78, 5) is 22.9. The molecular formula is C12H9BrF3NO4. The predicted octanol–water partition coefficient (Wildman–Crippen LogP) is 3.15. The van der Waals surface area contributed by atoms with Crippen LogP contribution in [0.4, 0.5) is 18.9 Å². The molecule has 0 saturated heterocycles. The zero-order valence-electron chi connectivity index (χ0n) is 10.3. The summed E-state index contributed by atoms with van der Waals surface area (Å²) < 4.78 is 41.1. The highest BCUT2D eigenvalue weighted by Crippen LogP contribution is 2.47. The maximum atomic E-state index is 12.3. The van der Waals surface area contributed by atoms with Crippen molar-refractivity contribution in [2.45, 2.75) is 19.2 Å². The maximum absolute atomic E-state index is 12.3. The Bertz CT molecular complexity index is 599. The van der Waals surface area contributed by atoms with Crippen LogP contribution in [0.3, 0.4) is 0 Å². The summed E-state index contributed by atoms with van der Waals surface area (Å²) in [7, 11) is 0. The number of carboxylic acids is 1. The number of aliphatic carboxylic acids is 1. The SMILES string of the molecule is O=C(O)C1(C(=O)Nc2cc(Br)ccc2OC(F)(F)F)CC1. The number of benzene rings is 1. The molecule has 1 aromatic rings. The summed E-state index contributed by atoms with van der Waals surface area (Å²) in [5.41, 5.74) is -1.81. The molecule has 0 heterocycles. The third-order valence-electron chi connectivity index (χ3n) is 3.01. The quantitative estimate of drug-likeness (QED) is 0.801. The minimum atomic E-state index is -4.92. The molecular weight excluding hydrogens is 359 g/mol. The van der Waals surface area contributed by atoms with Gasteiger partial charge >= 0.3 is 12.3 Å². The van der Waals surface area contributed by atoms with Gasteiger partial charge < -0.3 is 15.2 Å². The van der Waals surface area contributed by atoms with E-state index in [0.717, 1.165) is 6.07 Å². The first-order valence-electron chi connectivity index (χ1n) is 5.74. The van der Waals surface area contributed by atoms with Crippen LogP contribution in [0.5, 0.6) is 5.75 Å². The van der Waals surface area contributed by atoms with E-state index >= 15 is 0 Å². The third-order valence-corrected chi connectivity index (χ3v) is 3.50. The van der Waals surface area contributed by atoms with Crippen molar-refractivity contribution in [1.82, 2.24) is 0 Å². The Labute approximate surface area is 125 Å². The molecule has 0 aromatic heterocycles. The summed E-state index contributed by atoms with van der Waals surface area (Å²) in [5, 5.41) is 11.2. The first kappa shape index (κ1) is 15.6. The fourth-order valence-electron chi connectivity index (χ4n) is 1.72. The number of rotatable bonds is 4. The van der Waals surface area contributed by atoms with Crippen LogP contribution in [0.2, 0.25) is 0 Å². The van der Waals surface area contributed by atoms with Crippen LogP contribution in [0, 0.1) is 5.41 Å². The van der Waals surface area contributed by atoms with E-state index in [2.05, 4.69) is 26.0 Å². The molecule has 2 N–H and O–H groups in total. The van der Waals surface area contributed by atoms with Crippen LogP contribution < -0.4 is 10.1 Å². The van der Waals surface area contributed by atoms with Crippen molar-refractivity contribution in [2.75, 3.05) is 5.32 Å². The van der Waals surface area contributed by atoms with E-state index in [-0.39, 0.29) is 18.5 Å². The smallest absolute Gasteiger partial charge is 0.480 e. The number of alkyl halides is 3. The van der Waals surface area contributed by atoms with Gasteiger partial charge in [-0.05, 0) is 31.0 Å². The van der Waals surface area contributed by atoms with Crippen molar-refractivity contribution < 1.29 is 32.6 Å². The number of ether oxygens (including phenoxy) is 1. The topological polar surface area (TPSA) is 75.6 Å². The fourth-order valence-corrected chi connectivity index (χ4v) is 2.08. The number of halogens is 4. The molecule has 1 amide bonds. The van der Waals surface area contributed by atoms with Gasteiger partial charge in [-0.25, -0.2) is 0 Å². The van der Waals surface area contributed by atoms with Crippen molar-refractivity contribution in [3.8, 4) is 5.75 Å². The second-order valence-corrected chi connectivity index (χ2v) is 5.45. The van der Waals surface area contributed by atoms with E-state index in [0.29, 0.717) is 4.47 Å². The van der Waals surface area contributed by atoms with Crippen LogP contribution in [0.1, 0.15) is 12.8 Å². The minimum absolute atomic E-state index is 0.150. The van der Waals surface area contributed by atoms with Gasteiger partial charge in [0, 0.05) is 4.47 Å². The molecule has 1 aromatic carbocycles. The lowest BCUT2D eigenvalue weighted by atomic mass is 10.1. The monoisotopic (exact) mass is 367 g/mol. The van der Waals surface area contributed by atoms with E-state index in [1.54, 1.807) is 0 Å². The Morgan fingerprint density at radius 3 is 2.43 bits per heavy atom. The van der Waals surface area contributed by atoms with Crippen LogP contribution in [0.15, 0.2) is 22.7 Å². The molecule has 1 aliphatic carbocycles. The summed E-state index contributed by atoms with van der Waals surface area (Å²) in [6.45, 7) is 0. The highest BCUT2D eigenvalue weighted by Gasteiger charge is 2.57. The van der Waals surface area contributed by atoms with Gasteiger partial charge in [0.05, 0.1) is 5.69 Å². The van der Waals surface area contributed by atoms with Gasteiger partial charge in [0.1, 0.15) is 5.41 Å². The Hall–Kier alpha value is -1.77. The Balaban J connectivity index is 2.25. The molecule has 1 saturated carbocycles. The molecule has 0 spiro atoms. The molecule has 21 heavy (non-hydrogen) atoms. The summed E-state index contributed by atoms with van der Waals surface area (Å²) in [6.07, 6.45) is -4.62. The van der Waals surface area contributed by atoms with Gasteiger partial charge in [0.15, 0.2) is 5.75 Å². The van der Waals surface area contributed by atoms with Crippen LogP contribution in [0.25, 0.3) is 0 Å². The number of nitrogens with one attached hydrogen (secondary N) is 1. The molecule has 0 radical (unpaired) electrons. The molecule has 2 rings (SSSR count). The van der Waals surface area contributed by atoms with Crippen molar-refractivity contribution in [1.29, 1.82) is 0 Å². The van der Waals surface area contributed by atoms with Gasteiger partial charge in [-0.3, -0.25) is 9.59 Å². The Morgan fingerprint density at radius 2 is 1.95 bits per heavy atom. The van der Waals surface area contributed by atoms with Crippen molar-refractivity contribution in [2.24, 2.45) is 5.41 Å². The van der Waals surface area contributed by atoms with E-state index in [1.165, 1.54) is 12.1 Å². The van der Waals surface area contributed by atoms with Crippen molar-refractivity contribution in [3.63, 3.8) is 0 Å². The molecule has 0 bridgehead atoms. The van der Waals surface area contributed by atoms with E-state index in [4.69, 9.17) is 5.11 Å². The lowest BCUT2D eigenvalue weighted by molar-refractivity contribution is -0.274. The van der Waals surface area contributed by atoms with Crippen LogP contribution in [-0.4, -0.2) is 23.3 Å². The molecule has 0 atom stereocenters. The Kier molecular flexibility index (Phi) is 3.87. The standard InChI is InChI=1S/C12H9BrF3NO4/c13-6-1-2-8(21-12(14,15)16)7(5-6)17-9(18)11(3-4-11)10(19)20/h1-2,5H,3-4H2,(H,17,18)(H,19,20). The zero-order valence-corrected chi connectivity index (χ0v) is 11.9. The maximum Gasteiger partial charge on any atom is 0.573 e. The predicted molar refractivity (Wildman–Crippen MR) is 68.8 cm³/mol. The number of hydrogen-bond acceptors (Lipinski definition) is 3. The fraction of sp³-hybridized carbons (Fsp3) is 0.333. The lowest BCUT2D eigenvalue weighted by Crippen LogP contribution is -2.31. The summed E-state index contributed by atoms with van der Waals surface area (Å²) in [5.74, 6) is -2.77. The lowest BCUT2D eigenvalue weighted by Gasteiger charge is -2.16. The first-order valence-corrected chi connectivity index (χ1v) is 6.53. The average molecular weight is 368 g/mol. The minimum Gasteiger partial charge on any atom is -0.480 e. The van der Waals surface area contributed by atoms with E-state index < -0.39 is 29.4 Å². The second kappa shape index (κ2) is 5.21. The highest BCUT2D eigenvalue weighted by molar-refractivity contribution is 9.10. The highest BCUT2D eigenvalue weighted by atomic mass is 79.9. The number of carbonyl (C=O) groups is 2. The van der Waals surface area contributed by atoms with Gasteiger partial charge in [0.2, 0.25) is 5.91 Å². The zero-order chi connectivity index (χ0) is 15.8. The molecule has 0 unspecified atom stereocenters. The number of carbonyl (C=O) groups excluding carboxylic acids is 1. The molecule has 1 fully saturated rings. The molecule has 1 aliphatic rings. The third kappa shape index (κ3) is 3.46. The van der Waals surface area contributed by atoms with Gasteiger partial charge in [0.25, 0.3) is 0 Å². The number of carboxylic acid groups (broad SMARTS) is 1. The van der Waals surface area contributed by atoms with E-state index in [9.17, 15) is 22.8 Å². The number of hydrogen-bond donors (Lipinski definition) is 2. The molecule has 5 nitrogen and oxygen atoms in total. The largest absolute Gasteiger partial charge is 0.573 e. The summed E-state index contributed by atoms with van der Waals surface area (Å²) in [6, 6.07) is 3.53. The van der Waals surface area contributed by atoms with Crippen LogP contribution in [-0.2, 0) is 9.59 Å². The number of amides is 1. The van der Waals surface area contributed by atoms with Crippen LogP contribution >= 0.6 is 15.9 Å². The number of anilines is 1. The molecule has 114 valence electrons. The van der Waals surface area contributed by atoms with Crippen molar-refractivity contribution in [3.05, 3.63) is 22.7 Å². The van der Waals surface area contributed by atoms with Gasteiger partial charge in [-0.2, -0.15) is 0 Å². The first-order chi connectivity index (χ1) is 9.64. The average Bonchev–Trinajstić information content (AvgIpc) is 3.12. The normalized spacial score (nSPS) is 16.2. The Morgan fingerprint density at radius 1 is 1.33 bits per heavy atom. The molecule has 9 heteroatoms.